The second-order valence-electron chi connectivity index (χ2n) is 4.59. The van der Waals surface area contributed by atoms with Gasteiger partial charge in [-0.1, -0.05) is 25.3 Å². The molecule has 1 heterocycles. The van der Waals surface area contributed by atoms with Gasteiger partial charge in [-0.05, 0) is 18.9 Å². The number of hydrogen-bond donors (Lipinski definition) is 2. The highest BCUT2D eigenvalue weighted by atomic mass is 32.2. The number of rotatable bonds is 4. The molecule has 0 spiro atoms. The van der Waals surface area contributed by atoms with E-state index in [2.05, 4.69) is 4.98 Å². The number of hydrogen-bond acceptors (Lipinski definition) is 4. The summed E-state index contributed by atoms with van der Waals surface area (Å²) in [6, 6.07) is 3.68. The Bertz CT molecular complexity index is 353. The molecule has 1 unspecified atom stereocenters. The van der Waals surface area contributed by atoms with Crippen LogP contribution in [0.4, 0.5) is 5.82 Å². The molecule has 1 aliphatic rings. The molecule has 1 aromatic rings. The summed E-state index contributed by atoms with van der Waals surface area (Å²) in [5.74, 6) is 1.17. The number of thioether (sulfide) groups is 1. The summed E-state index contributed by atoms with van der Waals surface area (Å²) < 4.78 is 0. The van der Waals surface area contributed by atoms with Crippen LogP contribution in [0.3, 0.4) is 0 Å². The van der Waals surface area contributed by atoms with E-state index in [0.717, 1.165) is 16.6 Å². The van der Waals surface area contributed by atoms with Crippen molar-refractivity contribution < 1.29 is 5.11 Å². The lowest BCUT2D eigenvalue weighted by molar-refractivity contribution is 0.204. The number of aromatic nitrogens is 1. The topological polar surface area (TPSA) is 59.1 Å². The molecule has 1 aromatic heterocycles. The van der Waals surface area contributed by atoms with Crippen molar-refractivity contribution in [2.24, 2.45) is 0 Å². The van der Waals surface area contributed by atoms with Gasteiger partial charge < -0.3 is 10.8 Å². The number of nitrogens with two attached hydrogens (primary N) is 1. The normalized spacial score (nSPS) is 19.1. The third kappa shape index (κ3) is 3.61. The lowest BCUT2D eigenvalue weighted by Crippen LogP contribution is -2.12. The number of pyridine rings is 1. The first kappa shape index (κ1) is 12.7. The van der Waals surface area contributed by atoms with Gasteiger partial charge in [0.1, 0.15) is 5.82 Å². The Morgan fingerprint density at radius 3 is 2.88 bits per heavy atom. The molecule has 1 saturated carbocycles. The van der Waals surface area contributed by atoms with Crippen molar-refractivity contribution in [3.8, 4) is 0 Å². The van der Waals surface area contributed by atoms with Gasteiger partial charge in [0.05, 0.1) is 6.10 Å². The van der Waals surface area contributed by atoms with E-state index in [1.807, 2.05) is 23.9 Å². The van der Waals surface area contributed by atoms with Crippen molar-refractivity contribution in [2.45, 2.75) is 43.5 Å². The third-order valence-corrected chi connectivity index (χ3v) is 4.72. The molecule has 3 N–H and O–H groups in total. The molecule has 0 aromatic carbocycles. The summed E-state index contributed by atoms with van der Waals surface area (Å²) in [6.45, 7) is 0. The van der Waals surface area contributed by atoms with E-state index in [1.54, 1.807) is 6.20 Å². The second-order valence-corrected chi connectivity index (χ2v) is 5.92. The monoisotopic (exact) mass is 252 g/mol. The summed E-state index contributed by atoms with van der Waals surface area (Å²) in [6.07, 6.45) is 7.79. The van der Waals surface area contributed by atoms with E-state index in [-0.39, 0.29) is 0 Å². The van der Waals surface area contributed by atoms with Crippen LogP contribution in [0, 0.1) is 0 Å². The van der Waals surface area contributed by atoms with Crippen LogP contribution in [0.25, 0.3) is 0 Å². The molecule has 0 bridgehead atoms. The van der Waals surface area contributed by atoms with E-state index >= 15 is 0 Å². The third-order valence-electron chi connectivity index (χ3n) is 3.27. The van der Waals surface area contributed by atoms with Gasteiger partial charge in [-0.2, -0.15) is 11.8 Å². The highest BCUT2D eigenvalue weighted by Crippen LogP contribution is 2.31. The zero-order chi connectivity index (χ0) is 12.1. The Morgan fingerprint density at radius 1 is 1.41 bits per heavy atom. The van der Waals surface area contributed by atoms with Gasteiger partial charge in [-0.3, -0.25) is 0 Å². The Morgan fingerprint density at radius 2 is 2.18 bits per heavy atom. The quantitative estimate of drug-likeness (QED) is 0.865. The van der Waals surface area contributed by atoms with Crippen LogP contribution in [-0.2, 0) is 0 Å². The molecule has 94 valence electrons. The van der Waals surface area contributed by atoms with Crippen molar-refractivity contribution in [3.63, 3.8) is 0 Å². The van der Waals surface area contributed by atoms with Crippen LogP contribution in [0.2, 0.25) is 0 Å². The van der Waals surface area contributed by atoms with Crippen LogP contribution >= 0.6 is 11.8 Å². The van der Waals surface area contributed by atoms with Crippen molar-refractivity contribution in [1.82, 2.24) is 4.98 Å². The highest BCUT2D eigenvalue weighted by molar-refractivity contribution is 7.99. The second kappa shape index (κ2) is 6.26. The van der Waals surface area contributed by atoms with Crippen molar-refractivity contribution >= 4 is 17.6 Å². The van der Waals surface area contributed by atoms with Gasteiger partial charge in [0.15, 0.2) is 0 Å². The first-order valence-corrected chi connectivity index (χ1v) is 7.32. The Kier molecular flexibility index (Phi) is 4.68. The van der Waals surface area contributed by atoms with E-state index in [1.165, 1.54) is 32.1 Å². The fraction of sp³-hybridized carbons (Fsp3) is 0.615. The molecular weight excluding hydrogens is 232 g/mol. The molecule has 4 heteroatoms. The number of aliphatic hydroxyl groups is 1. The van der Waals surface area contributed by atoms with Gasteiger partial charge in [-0.25, -0.2) is 4.98 Å². The molecule has 1 atom stereocenters. The van der Waals surface area contributed by atoms with E-state index in [0.29, 0.717) is 5.82 Å². The lowest BCUT2D eigenvalue weighted by Gasteiger charge is -2.22. The summed E-state index contributed by atoms with van der Waals surface area (Å²) >= 11 is 1.88. The van der Waals surface area contributed by atoms with Crippen molar-refractivity contribution in [1.29, 1.82) is 0 Å². The smallest absolute Gasteiger partial charge is 0.129 e. The number of nitrogen functional groups attached to an aromatic ring is 1. The maximum Gasteiger partial charge on any atom is 0.129 e. The van der Waals surface area contributed by atoms with Crippen LogP contribution in [0.5, 0.6) is 0 Å². The Labute approximate surface area is 107 Å². The van der Waals surface area contributed by atoms with E-state index in [4.69, 9.17) is 5.73 Å². The van der Waals surface area contributed by atoms with E-state index in [9.17, 15) is 5.11 Å². The zero-order valence-electron chi connectivity index (χ0n) is 10.0. The van der Waals surface area contributed by atoms with Gasteiger partial charge in [-0.15, -0.1) is 0 Å². The van der Waals surface area contributed by atoms with Crippen LogP contribution in [-0.4, -0.2) is 21.1 Å². The predicted molar refractivity (Wildman–Crippen MR) is 72.9 cm³/mol. The molecule has 1 fully saturated rings. The average molecular weight is 252 g/mol. The van der Waals surface area contributed by atoms with Crippen molar-refractivity contribution in [3.05, 3.63) is 23.9 Å². The van der Waals surface area contributed by atoms with Gasteiger partial charge in [0.2, 0.25) is 0 Å². The molecule has 0 amide bonds. The first-order valence-electron chi connectivity index (χ1n) is 6.27. The van der Waals surface area contributed by atoms with Crippen molar-refractivity contribution in [2.75, 3.05) is 11.5 Å². The molecule has 1 aliphatic carbocycles. The molecular formula is C13H20N2OS. The molecule has 0 saturated heterocycles. The predicted octanol–water partition coefficient (Wildman–Crippen LogP) is 2.76. The molecule has 2 rings (SSSR count). The number of anilines is 1. The van der Waals surface area contributed by atoms with E-state index < -0.39 is 6.10 Å². The summed E-state index contributed by atoms with van der Waals surface area (Å²) in [5.41, 5.74) is 6.51. The minimum absolute atomic E-state index is 0.448. The fourth-order valence-electron chi connectivity index (χ4n) is 2.26. The number of aliphatic hydroxyl groups excluding tert-OH is 1. The lowest BCUT2D eigenvalue weighted by atomic mass is 10.0. The molecule has 0 aliphatic heterocycles. The molecule has 17 heavy (non-hydrogen) atoms. The largest absolute Gasteiger partial charge is 0.387 e. The Hall–Kier alpha value is -0.740. The van der Waals surface area contributed by atoms with Gasteiger partial charge in [0.25, 0.3) is 0 Å². The van der Waals surface area contributed by atoms with Gasteiger partial charge in [0, 0.05) is 22.8 Å². The minimum atomic E-state index is -0.490. The summed E-state index contributed by atoms with van der Waals surface area (Å²) in [4.78, 5) is 4.00. The first-order chi connectivity index (χ1) is 8.27. The summed E-state index contributed by atoms with van der Waals surface area (Å²) in [5, 5.41) is 10.8. The minimum Gasteiger partial charge on any atom is -0.387 e. The van der Waals surface area contributed by atoms with Crippen LogP contribution in [0.15, 0.2) is 18.3 Å². The summed E-state index contributed by atoms with van der Waals surface area (Å²) in [7, 11) is 0. The average Bonchev–Trinajstić information content (AvgIpc) is 2.38. The van der Waals surface area contributed by atoms with Gasteiger partial charge >= 0.3 is 0 Å². The number of nitrogens with zero attached hydrogens (tertiary/aromatic N) is 1. The maximum atomic E-state index is 10.1. The maximum absolute atomic E-state index is 10.1. The zero-order valence-corrected chi connectivity index (χ0v) is 10.8. The van der Waals surface area contributed by atoms with Crippen LogP contribution < -0.4 is 5.73 Å². The Balaban J connectivity index is 1.84. The highest BCUT2D eigenvalue weighted by Gasteiger charge is 2.17. The standard InChI is InChI=1S/C13H20N2OS/c14-13-11(7-4-8-15-13)12(16)9-17-10-5-2-1-3-6-10/h4,7-8,10,12,16H,1-3,5-6,9H2,(H2,14,15). The fourth-order valence-corrected chi connectivity index (χ4v) is 3.56. The van der Waals surface area contributed by atoms with Crippen LogP contribution in [0.1, 0.15) is 43.8 Å². The SMILES string of the molecule is Nc1ncccc1C(O)CSC1CCCCC1. The molecule has 3 nitrogen and oxygen atoms in total. The molecule has 0 radical (unpaired) electrons.